The first-order valence-corrected chi connectivity index (χ1v) is 11.4. The van der Waals surface area contributed by atoms with Crippen molar-refractivity contribution in [3.8, 4) is 0 Å². The van der Waals surface area contributed by atoms with Gasteiger partial charge in [0.25, 0.3) is 0 Å². The zero-order valence-electron chi connectivity index (χ0n) is 20.7. The van der Waals surface area contributed by atoms with Crippen LogP contribution in [0.1, 0.15) is 101 Å². The molecule has 2 nitrogen and oxygen atoms in total. The molecule has 0 bridgehead atoms. The predicted octanol–water partition coefficient (Wildman–Crippen LogP) is 4.05. The molecule has 0 amide bonds. The Bertz CT molecular complexity index is 723. The van der Waals surface area contributed by atoms with E-state index in [0.717, 1.165) is 13.1 Å². The molecule has 3 rings (SSSR count). The van der Waals surface area contributed by atoms with Gasteiger partial charge in [-0.25, -0.2) is 0 Å². The van der Waals surface area contributed by atoms with Crippen LogP contribution in [0.4, 0.5) is 11.4 Å². The number of hydrogen-bond donors (Lipinski definition) is 0. The average Bonchev–Trinajstić information content (AvgIpc) is 3.15. The number of rotatable bonds is 6. The molecule has 0 atom stereocenters. The maximum absolute atomic E-state index is 2.51. The smallest absolute Gasteiger partial charge is 0.585 e. The predicted molar refractivity (Wildman–Crippen MR) is 130 cm³/mol. The third-order valence-electron chi connectivity index (χ3n) is 6.12. The minimum atomic E-state index is 0. The fraction of sp³-hybridized carbons (Fsp3) is 0.538. The molecule has 1 heterocycles. The number of benzene rings is 2. The van der Waals surface area contributed by atoms with Crippen molar-refractivity contribution in [3.63, 3.8) is 0 Å². The summed E-state index contributed by atoms with van der Waals surface area (Å²) in [6.45, 7) is 20.5. The molecule has 0 saturated carbocycles. The van der Waals surface area contributed by atoms with Crippen molar-refractivity contribution in [3.05, 3.63) is 58.7 Å². The van der Waals surface area contributed by atoms with E-state index in [0.29, 0.717) is 23.7 Å². The van der Waals surface area contributed by atoms with Gasteiger partial charge in [0.1, 0.15) is 0 Å². The molecule has 2 aromatic carbocycles. The summed E-state index contributed by atoms with van der Waals surface area (Å²) in [5, 5.41) is 0. The fourth-order valence-corrected chi connectivity index (χ4v) is 4.53. The molecule has 0 unspecified atom stereocenters. The first-order valence-electron chi connectivity index (χ1n) is 11.4. The summed E-state index contributed by atoms with van der Waals surface area (Å²) < 4.78 is 0. The van der Waals surface area contributed by atoms with Crippen LogP contribution in [0.5, 0.6) is 0 Å². The molecule has 0 aromatic heterocycles. The quantitative estimate of drug-likeness (QED) is 0.680. The van der Waals surface area contributed by atoms with E-state index < -0.39 is 0 Å². The molecule has 1 aliphatic heterocycles. The maximum Gasteiger partial charge on any atom is 1.00 e. The summed E-state index contributed by atoms with van der Waals surface area (Å²) in [5.41, 5.74) is 8.67. The maximum atomic E-state index is 2.51. The second-order valence-corrected chi connectivity index (χ2v) is 9.69. The van der Waals surface area contributed by atoms with Gasteiger partial charge in [-0.1, -0.05) is 99.3 Å². The topological polar surface area (TPSA) is 6.48 Å². The Morgan fingerprint density at radius 2 is 0.833 bits per heavy atom. The van der Waals surface area contributed by atoms with Gasteiger partial charge in [0.05, 0.1) is 0 Å². The molecule has 2 aromatic rings. The van der Waals surface area contributed by atoms with Crippen molar-refractivity contribution in [1.82, 2.24) is 0 Å². The number of hydrogen-bond acceptors (Lipinski definition) is 2. The first kappa shape index (κ1) is 25.0. The molecule has 1 saturated heterocycles. The number of para-hydroxylation sites is 2. The normalized spacial score (nSPS) is 14.4. The van der Waals surface area contributed by atoms with Gasteiger partial charge in [0.2, 0.25) is 0 Å². The summed E-state index contributed by atoms with van der Waals surface area (Å²) >= 11 is 0. The standard InChI is InChI=1S/C26H38BN2.Li/c1-17(2)21-11-9-12-22(18(3)4)25(21)28-15-16-29(27-28)26-23(19(5)6)13-10-14-24(26)20(7)8;/h9-14,17-20H,15-16H2,1-8H3;/q-1;+1. The Balaban J connectivity index is 0.00000320. The van der Waals surface area contributed by atoms with Crippen molar-refractivity contribution >= 4 is 18.9 Å². The Labute approximate surface area is 197 Å². The van der Waals surface area contributed by atoms with Gasteiger partial charge < -0.3 is 9.62 Å². The summed E-state index contributed by atoms with van der Waals surface area (Å²) in [4.78, 5) is 5.01. The number of nitrogens with zero attached hydrogens (tertiary/aromatic N) is 2. The largest absolute Gasteiger partial charge is 1.00 e. The molecule has 1 fully saturated rings. The van der Waals surface area contributed by atoms with Gasteiger partial charge >= 0.3 is 18.9 Å². The SMILES string of the molecule is CC(C)c1cccc(C(C)C)c1N1[B-]N(c2c(C(C)C)cccc2C(C)C)CC1.[Li+]. The third kappa shape index (κ3) is 4.95. The van der Waals surface area contributed by atoms with Crippen LogP contribution in [0.15, 0.2) is 36.4 Å². The van der Waals surface area contributed by atoms with Gasteiger partial charge in [-0.15, -0.1) is 0 Å². The zero-order chi connectivity index (χ0) is 21.3. The van der Waals surface area contributed by atoms with Gasteiger partial charge in [-0.3, -0.25) is 0 Å². The molecule has 156 valence electrons. The van der Waals surface area contributed by atoms with Crippen LogP contribution in [0.2, 0.25) is 0 Å². The van der Waals surface area contributed by atoms with Crippen LogP contribution >= 0.6 is 0 Å². The minimum absolute atomic E-state index is 0. The van der Waals surface area contributed by atoms with Crippen LogP contribution < -0.4 is 28.5 Å². The molecule has 0 spiro atoms. The molecule has 30 heavy (non-hydrogen) atoms. The molecule has 0 aliphatic carbocycles. The van der Waals surface area contributed by atoms with E-state index in [9.17, 15) is 0 Å². The van der Waals surface area contributed by atoms with E-state index in [1.165, 1.54) is 33.6 Å². The summed E-state index contributed by atoms with van der Waals surface area (Å²) in [5.74, 6) is 2.06. The Morgan fingerprint density at radius 3 is 1.07 bits per heavy atom. The second kappa shape index (κ2) is 10.3. The number of anilines is 2. The zero-order valence-corrected chi connectivity index (χ0v) is 20.7. The second-order valence-electron chi connectivity index (χ2n) is 9.69. The van der Waals surface area contributed by atoms with E-state index in [1.807, 2.05) is 0 Å². The van der Waals surface area contributed by atoms with Crippen molar-refractivity contribution in [2.45, 2.75) is 79.1 Å². The fourth-order valence-electron chi connectivity index (χ4n) is 4.53. The van der Waals surface area contributed by atoms with Crippen molar-refractivity contribution in [2.75, 3.05) is 22.7 Å². The van der Waals surface area contributed by atoms with E-state index in [1.54, 1.807) is 0 Å². The van der Waals surface area contributed by atoms with Gasteiger partial charge in [0.15, 0.2) is 0 Å². The van der Waals surface area contributed by atoms with Crippen LogP contribution in [-0.2, 0) is 0 Å². The van der Waals surface area contributed by atoms with Gasteiger partial charge in [0, 0.05) is 11.4 Å². The molecular weight excluding hydrogens is 358 g/mol. The average molecular weight is 396 g/mol. The Morgan fingerprint density at radius 1 is 0.567 bits per heavy atom. The summed E-state index contributed by atoms with van der Waals surface area (Å²) in [7, 11) is 2.38. The van der Waals surface area contributed by atoms with E-state index >= 15 is 0 Å². The molecule has 0 N–H and O–H groups in total. The molecule has 1 aliphatic rings. The molecular formula is C26H38BLiN2. The van der Waals surface area contributed by atoms with Crippen LogP contribution in [0.3, 0.4) is 0 Å². The monoisotopic (exact) mass is 396 g/mol. The van der Waals surface area contributed by atoms with Gasteiger partial charge in [-0.2, -0.15) is 0 Å². The van der Waals surface area contributed by atoms with Crippen molar-refractivity contribution in [2.24, 2.45) is 0 Å². The molecule has 2 radical (unpaired) electrons. The third-order valence-corrected chi connectivity index (χ3v) is 6.12. The van der Waals surface area contributed by atoms with E-state index in [4.69, 9.17) is 0 Å². The van der Waals surface area contributed by atoms with Crippen LogP contribution in [-0.4, -0.2) is 20.6 Å². The first-order chi connectivity index (χ1) is 13.7. The minimum Gasteiger partial charge on any atom is -0.585 e. The van der Waals surface area contributed by atoms with E-state index in [-0.39, 0.29) is 18.9 Å². The van der Waals surface area contributed by atoms with Crippen LogP contribution in [0.25, 0.3) is 0 Å². The molecule has 4 heteroatoms. The van der Waals surface area contributed by atoms with Gasteiger partial charge in [-0.05, 0) is 59.0 Å². The van der Waals surface area contributed by atoms with Crippen molar-refractivity contribution < 1.29 is 18.9 Å². The van der Waals surface area contributed by atoms with Crippen molar-refractivity contribution in [1.29, 1.82) is 0 Å². The summed E-state index contributed by atoms with van der Waals surface area (Å²) in [6, 6.07) is 13.7. The Hall–Kier alpha value is -1.30. The Kier molecular flexibility index (Phi) is 8.61. The summed E-state index contributed by atoms with van der Waals surface area (Å²) in [6.07, 6.45) is 0. The van der Waals surface area contributed by atoms with Crippen LogP contribution in [0, 0.1) is 0 Å². The van der Waals surface area contributed by atoms with E-state index in [2.05, 4.69) is 109 Å².